The topological polar surface area (TPSA) is 41.1 Å². The predicted octanol–water partition coefficient (Wildman–Crippen LogP) is 1.97. The zero-order valence-corrected chi connectivity index (χ0v) is 11.4. The van der Waals surface area contributed by atoms with E-state index < -0.39 is 0 Å². The van der Waals surface area contributed by atoms with E-state index in [0.717, 1.165) is 19.5 Å². The van der Waals surface area contributed by atoms with Crippen LogP contribution in [0.1, 0.15) is 24.1 Å². The lowest BCUT2D eigenvalue weighted by Gasteiger charge is -2.11. The van der Waals surface area contributed by atoms with Crippen molar-refractivity contribution in [3.05, 3.63) is 22.4 Å². The van der Waals surface area contributed by atoms with Crippen molar-refractivity contribution in [2.75, 3.05) is 13.1 Å². The Morgan fingerprint density at radius 2 is 2.47 bits per heavy atom. The van der Waals surface area contributed by atoms with E-state index in [1.807, 2.05) is 6.07 Å². The standard InChI is InChI=1S/C12H18N2OS.ClH/c15-12(6-5-11-4-2-8-16-11)14-9-10-3-1-7-13-10;/h2,4,8,10,13H,1,3,5-7,9H2,(H,14,15);1H. The first-order valence-corrected chi connectivity index (χ1v) is 6.75. The molecule has 1 amide bonds. The molecular weight excluding hydrogens is 256 g/mol. The average Bonchev–Trinajstić information content (AvgIpc) is 2.96. The number of hydrogen-bond donors (Lipinski definition) is 2. The van der Waals surface area contributed by atoms with Gasteiger partial charge in [0.05, 0.1) is 0 Å². The zero-order chi connectivity index (χ0) is 11.2. The number of rotatable bonds is 5. The summed E-state index contributed by atoms with van der Waals surface area (Å²) in [5.41, 5.74) is 0. The minimum absolute atomic E-state index is 0. The van der Waals surface area contributed by atoms with Crippen LogP contribution >= 0.6 is 23.7 Å². The summed E-state index contributed by atoms with van der Waals surface area (Å²) in [6.07, 6.45) is 3.88. The molecule has 2 rings (SSSR count). The molecule has 0 radical (unpaired) electrons. The lowest BCUT2D eigenvalue weighted by molar-refractivity contribution is -0.121. The van der Waals surface area contributed by atoms with Gasteiger partial charge in [0, 0.05) is 23.9 Å². The van der Waals surface area contributed by atoms with Gasteiger partial charge in [-0.05, 0) is 37.3 Å². The average molecular weight is 275 g/mol. The van der Waals surface area contributed by atoms with Crippen molar-refractivity contribution >= 4 is 29.7 Å². The molecular formula is C12H19ClN2OS. The number of halogens is 1. The van der Waals surface area contributed by atoms with Gasteiger partial charge in [0.25, 0.3) is 0 Å². The van der Waals surface area contributed by atoms with Gasteiger partial charge in [-0.25, -0.2) is 0 Å². The maximum Gasteiger partial charge on any atom is 0.220 e. The van der Waals surface area contributed by atoms with Crippen LogP contribution in [0.5, 0.6) is 0 Å². The molecule has 1 atom stereocenters. The number of aryl methyl sites for hydroxylation is 1. The normalized spacial score (nSPS) is 18.7. The third-order valence-electron chi connectivity index (χ3n) is 2.89. The Kier molecular flexibility index (Phi) is 6.55. The molecule has 5 heteroatoms. The van der Waals surface area contributed by atoms with Gasteiger partial charge >= 0.3 is 0 Å². The lowest BCUT2D eigenvalue weighted by atomic mass is 10.2. The maximum absolute atomic E-state index is 11.6. The predicted molar refractivity (Wildman–Crippen MR) is 73.9 cm³/mol. The fourth-order valence-electron chi connectivity index (χ4n) is 1.95. The summed E-state index contributed by atoms with van der Waals surface area (Å²) in [5, 5.41) is 8.41. The molecule has 1 saturated heterocycles. The molecule has 1 aromatic rings. The highest BCUT2D eigenvalue weighted by molar-refractivity contribution is 7.09. The van der Waals surface area contributed by atoms with E-state index in [-0.39, 0.29) is 18.3 Å². The van der Waals surface area contributed by atoms with Crippen molar-refractivity contribution in [3.63, 3.8) is 0 Å². The molecule has 1 unspecified atom stereocenters. The van der Waals surface area contributed by atoms with Crippen molar-refractivity contribution in [2.45, 2.75) is 31.7 Å². The molecule has 0 aliphatic carbocycles. The molecule has 0 spiro atoms. The number of carbonyl (C=O) groups excluding carboxylic acids is 1. The van der Waals surface area contributed by atoms with Crippen molar-refractivity contribution in [1.29, 1.82) is 0 Å². The summed E-state index contributed by atoms with van der Waals surface area (Å²) in [6, 6.07) is 4.60. The Balaban J connectivity index is 0.00000144. The van der Waals surface area contributed by atoms with Crippen LogP contribution in [-0.2, 0) is 11.2 Å². The number of nitrogens with one attached hydrogen (secondary N) is 2. The van der Waals surface area contributed by atoms with Crippen molar-refractivity contribution in [1.82, 2.24) is 10.6 Å². The lowest BCUT2D eigenvalue weighted by Crippen LogP contribution is -2.37. The van der Waals surface area contributed by atoms with E-state index in [1.54, 1.807) is 11.3 Å². The Morgan fingerprint density at radius 3 is 3.12 bits per heavy atom. The smallest absolute Gasteiger partial charge is 0.220 e. The van der Waals surface area contributed by atoms with E-state index in [2.05, 4.69) is 22.1 Å². The molecule has 17 heavy (non-hydrogen) atoms. The monoisotopic (exact) mass is 274 g/mol. The second-order valence-electron chi connectivity index (χ2n) is 4.18. The molecule has 0 aromatic carbocycles. The van der Waals surface area contributed by atoms with Crippen molar-refractivity contribution in [3.8, 4) is 0 Å². The molecule has 1 aromatic heterocycles. The second kappa shape index (κ2) is 7.69. The highest BCUT2D eigenvalue weighted by atomic mass is 35.5. The molecule has 1 aliphatic heterocycles. The third-order valence-corrected chi connectivity index (χ3v) is 3.82. The van der Waals surface area contributed by atoms with Crippen LogP contribution in [0.3, 0.4) is 0 Å². The summed E-state index contributed by atoms with van der Waals surface area (Å²) in [6.45, 7) is 1.87. The van der Waals surface area contributed by atoms with E-state index in [1.165, 1.54) is 17.7 Å². The second-order valence-corrected chi connectivity index (χ2v) is 5.21. The van der Waals surface area contributed by atoms with E-state index in [4.69, 9.17) is 0 Å². The molecule has 1 aliphatic rings. The highest BCUT2D eigenvalue weighted by Gasteiger charge is 2.14. The van der Waals surface area contributed by atoms with Gasteiger partial charge in [-0.1, -0.05) is 6.07 Å². The summed E-state index contributed by atoms with van der Waals surface area (Å²) < 4.78 is 0. The van der Waals surface area contributed by atoms with Crippen LogP contribution in [0, 0.1) is 0 Å². The maximum atomic E-state index is 11.6. The molecule has 0 saturated carbocycles. The van der Waals surface area contributed by atoms with Gasteiger partial charge in [0.1, 0.15) is 0 Å². The minimum Gasteiger partial charge on any atom is -0.355 e. The summed E-state index contributed by atoms with van der Waals surface area (Å²) in [7, 11) is 0. The Bertz CT molecular complexity index is 323. The van der Waals surface area contributed by atoms with Crippen molar-refractivity contribution in [2.24, 2.45) is 0 Å². The van der Waals surface area contributed by atoms with Gasteiger partial charge in [-0.3, -0.25) is 4.79 Å². The highest BCUT2D eigenvalue weighted by Crippen LogP contribution is 2.10. The molecule has 3 nitrogen and oxygen atoms in total. The van der Waals surface area contributed by atoms with E-state index >= 15 is 0 Å². The minimum atomic E-state index is 0. The Labute approximate surface area is 112 Å². The van der Waals surface area contributed by atoms with Gasteiger partial charge in [0.15, 0.2) is 0 Å². The number of hydrogen-bond acceptors (Lipinski definition) is 3. The Morgan fingerprint density at radius 1 is 1.59 bits per heavy atom. The van der Waals surface area contributed by atoms with Crippen LogP contribution in [-0.4, -0.2) is 25.0 Å². The molecule has 1 fully saturated rings. The zero-order valence-electron chi connectivity index (χ0n) is 9.78. The van der Waals surface area contributed by atoms with E-state index in [9.17, 15) is 4.79 Å². The summed E-state index contributed by atoms with van der Waals surface area (Å²) in [4.78, 5) is 12.8. The van der Waals surface area contributed by atoms with Gasteiger partial charge in [-0.15, -0.1) is 23.7 Å². The van der Waals surface area contributed by atoms with Crippen LogP contribution in [0.25, 0.3) is 0 Å². The summed E-state index contributed by atoms with van der Waals surface area (Å²) >= 11 is 1.72. The number of carbonyl (C=O) groups is 1. The fraction of sp³-hybridized carbons (Fsp3) is 0.583. The fourth-order valence-corrected chi connectivity index (χ4v) is 2.66. The first-order chi connectivity index (χ1) is 7.84. The van der Waals surface area contributed by atoms with E-state index in [0.29, 0.717) is 12.5 Å². The third kappa shape index (κ3) is 5.06. The first kappa shape index (κ1) is 14.5. The van der Waals surface area contributed by atoms with Crippen molar-refractivity contribution < 1.29 is 4.79 Å². The quantitative estimate of drug-likeness (QED) is 0.862. The molecule has 0 bridgehead atoms. The molecule has 2 N–H and O–H groups in total. The number of thiophene rings is 1. The molecule has 96 valence electrons. The Hall–Kier alpha value is -0.580. The first-order valence-electron chi connectivity index (χ1n) is 5.87. The SMILES string of the molecule is Cl.O=C(CCc1cccs1)NCC1CCCN1. The van der Waals surface area contributed by atoms with Crippen LogP contribution < -0.4 is 10.6 Å². The van der Waals surface area contributed by atoms with Crippen LogP contribution in [0.4, 0.5) is 0 Å². The van der Waals surface area contributed by atoms with Gasteiger partial charge in [-0.2, -0.15) is 0 Å². The van der Waals surface area contributed by atoms with Gasteiger partial charge in [0.2, 0.25) is 5.91 Å². The van der Waals surface area contributed by atoms with Gasteiger partial charge < -0.3 is 10.6 Å². The van der Waals surface area contributed by atoms with Crippen LogP contribution in [0.2, 0.25) is 0 Å². The van der Waals surface area contributed by atoms with Crippen LogP contribution in [0.15, 0.2) is 17.5 Å². The summed E-state index contributed by atoms with van der Waals surface area (Å²) in [5.74, 6) is 0.169. The largest absolute Gasteiger partial charge is 0.355 e. The molecule has 2 heterocycles. The number of amides is 1.